The summed E-state index contributed by atoms with van der Waals surface area (Å²) in [6, 6.07) is 1.45. The molecule has 1 rings (SSSR count). The molecule has 5 heteroatoms. The molecule has 0 saturated carbocycles. The van der Waals surface area contributed by atoms with Crippen molar-refractivity contribution >= 4 is 11.8 Å². The summed E-state index contributed by atoms with van der Waals surface area (Å²) in [5.41, 5.74) is 0.0858. The van der Waals surface area contributed by atoms with Crippen molar-refractivity contribution < 1.29 is 0 Å². The van der Waals surface area contributed by atoms with Gasteiger partial charge in [0.25, 0.3) is 5.56 Å². The molecule has 0 saturated heterocycles. The molecule has 0 radical (unpaired) electrons. The highest BCUT2D eigenvalue weighted by Gasteiger charge is 2.02. The summed E-state index contributed by atoms with van der Waals surface area (Å²) in [6.07, 6.45) is 0. The number of aromatic amines is 1. The van der Waals surface area contributed by atoms with Crippen molar-refractivity contribution in [3.63, 3.8) is 0 Å². The van der Waals surface area contributed by atoms with Gasteiger partial charge in [0.05, 0.1) is 0 Å². The maximum atomic E-state index is 11.5. The summed E-state index contributed by atoms with van der Waals surface area (Å²) >= 11 is 1.77. The van der Waals surface area contributed by atoms with E-state index in [0.717, 1.165) is 11.5 Å². The van der Waals surface area contributed by atoms with Gasteiger partial charge in [0.1, 0.15) is 0 Å². The van der Waals surface area contributed by atoms with Crippen LogP contribution in [0.4, 0.5) is 0 Å². The highest BCUT2D eigenvalue weighted by atomic mass is 32.2. The van der Waals surface area contributed by atoms with Gasteiger partial charge in [-0.25, -0.2) is 4.79 Å². The van der Waals surface area contributed by atoms with E-state index in [-0.39, 0.29) is 11.2 Å². The molecule has 1 aromatic rings. The summed E-state index contributed by atoms with van der Waals surface area (Å²) < 4.78 is 1.25. The van der Waals surface area contributed by atoms with Gasteiger partial charge in [-0.3, -0.25) is 9.36 Å². The molecule has 0 spiro atoms. The standard InChI is InChI=1S/C11H18N2O2S/c1-8(2)7-16-5-4-13-10(14)6-9(3)12-11(13)15/h6,8H,4-5,7H2,1-3H3,(H,12,15). The van der Waals surface area contributed by atoms with Gasteiger partial charge in [0.15, 0.2) is 0 Å². The fourth-order valence-electron chi connectivity index (χ4n) is 1.32. The highest BCUT2D eigenvalue weighted by molar-refractivity contribution is 7.99. The smallest absolute Gasteiger partial charge is 0.311 e. The minimum Gasteiger partial charge on any atom is -0.311 e. The predicted octanol–water partition coefficient (Wildman–Crippen LogP) is 1.23. The lowest BCUT2D eigenvalue weighted by atomic mass is 10.3. The Labute approximate surface area is 99.1 Å². The van der Waals surface area contributed by atoms with Crippen LogP contribution in [0.15, 0.2) is 15.7 Å². The van der Waals surface area contributed by atoms with E-state index in [1.807, 2.05) is 0 Å². The van der Waals surface area contributed by atoms with Crippen molar-refractivity contribution in [1.82, 2.24) is 9.55 Å². The lowest BCUT2D eigenvalue weighted by Crippen LogP contribution is -2.35. The minimum atomic E-state index is -0.310. The molecule has 0 aliphatic carbocycles. The Hall–Kier alpha value is -0.970. The number of H-pyrrole nitrogens is 1. The lowest BCUT2D eigenvalue weighted by molar-refractivity contribution is 0.672. The molecule has 0 aliphatic rings. The third kappa shape index (κ3) is 3.89. The second-order valence-corrected chi connectivity index (χ2v) is 5.37. The van der Waals surface area contributed by atoms with Crippen LogP contribution >= 0.6 is 11.8 Å². The number of hydrogen-bond acceptors (Lipinski definition) is 3. The summed E-state index contributed by atoms with van der Waals surface area (Å²) in [7, 11) is 0. The van der Waals surface area contributed by atoms with E-state index in [4.69, 9.17) is 0 Å². The Balaban J connectivity index is 2.61. The molecular formula is C11H18N2O2S. The Kier molecular flexibility index (Phi) is 4.86. The van der Waals surface area contributed by atoms with E-state index in [1.54, 1.807) is 18.7 Å². The maximum Gasteiger partial charge on any atom is 0.328 e. The van der Waals surface area contributed by atoms with Crippen molar-refractivity contribution in [2.75, 3.05) is 11.5 Å². The monoisotopic (exact) mass is 242 g/mol. The number of hydrogen-bond donors (Lipinski definition) is 1. The summed E-state index contributed by atoms with van der Waals surface area (Å²) in [4.78, 5) is 25.6. The van der Waals surface area contributed by atoms with Crippen LogP contribution in [0.3, 0.4) is 0 Å². The van der Waals surface area contributed by atoms with E-state index in [0.29, 0.717) is 18.2 Å². The first-order valence-electron chi connectivity index (χ1n) is 5.39. The molecule has 0 bridgehead atoms. The number of aromatic nitrogens is 2. The van der Waals surface area contributed by atoms with Gasteiger partial charge in [0.2, 0.25) is 0 Å². The van der Waals surface area contributed by atoms with Crippen molar-refractivity contribution in [3.8, 4) is 0 Å². The van der Waals surface area contributed by atoms with E-state index < -0.39 is 0 Å². The molecule has 1 aromatic heterocycles. The largest absolute Gasteiger partial charge is 0.328 e. The molecule has 4 nitrogen and oxygen atoms in total. The van der Waals surface area contributed by atoms with Crippen LogP contribution in [-0.2, 0) is 6.54 Å². The number of nitrogens with one attached hydrogen (secondary N) is 1. The molecule has 0 fully saturated rings. The van der Waals surface area contributed by atoms with E-state index in [9.17, 15) is 9.59 Å². The second-order valence-electron chi connectivity index (χ2n) is 4.22. The normalized spacial score (nSPS) is 11.0. The van der Waals surface area contributed by atoms with Crippen molar-refractivity contribution in [2.45, 2.75) is 27.3 Å². The number of aryl methyl sites for hydroxylation is 1. The van der Waals surface area contributed by atoms with Crippen LogP contribution in [0.1, 0.15) is 19.5 Å². The Morgan fingerprint density at radius 3 is 2.69 bits per heavy atom. The zero-order valence-electron chi connectivity index (χ0n) is 9.95. The molecule has 16 heavy (non-hydrogen) atoms. The average molecular weight is 242 g/mol. The van der Waals surface area contributed by atoms with Gasteiger partial charge in [-0.2, -0.15) is 11.8 Å². The van der Waals surface area contributed by atoms with Crippen LogP contribution in [-0.4, -0.2) is 21.1 Å². The van der Waals surface area contributed by atoms with Crippen LogP contribution in [0.2, 0.25) is 0 Å². The summed E-state index contributed by atoms with van der Waals surface area (Å²) in [5.74, 6) is 2.49. The van der Waals surface area contributed by atoms with Gasteiger partial charge in [-0.05, 0) is 18.6 Å². The van der Waals surface area contributed by atoms with Gasteiger partial charge in [-0.1, -0.05) is 13.8 Å². The molecule has 0 amide bonds. The molecule has 0 aromatic carbocycles. The first-order chi connectivity index (χ1) is 7.50. The van der Waals surface area contributed by atoms with Gasteiger partial charge in [0, 0.05) is 24.1 Å². The zero-order valence-corrected chi connectivity index (χ0v) is 10.8. The van der Waals surface area contributed by atoms with E-state index in [1.165, 1.54) is 10.6 Å². The molecule has 1 N–H and O–H groups in total. The molecular weight excluding hydrogens is 224 g/mol. The van der Waals surface area contributed by atoms with Crippen molar-refractivity contribution in [3.05, 3.63) is 32.6 Å². The fraction of sp³-hybridized carbons (Fsp3) is 0.636. The zero-order chi connectivity index (χ0) is 12.1. The molecule has 1 heterocycles. The Bertz CT molecular complexity index is 417. The van der Waals surface area contributed by atoms with E-state index >= 15 is 0 Å². The Morgan fingerprint density at radius 1 is 1.44 bits per heavy atom. The highest BCUT2D eigenvalue weighted by Crippen LogP contribution is 2.06. The first-order valence-corrected chi connectivity index (χ1v) is 6.54. The van der Waals surface area contributed by atoms with Gasteiger partial charge in [-0.15, -0.1) is 0 Å². The number of nitrogens with zero attached hydrogens (tertiary/aromatic N) is 1. The third-order valence-corrected chi connectivity index (χ3v) is 3.44. The van der Waals surface area contributed by atoms with Crippen molar-refractivity contribution in [2.24, 2.45) is 5.92 Å². The van der Waals surface area contributed by atoms with E-state index in [2.05, 4.69) is 18.8 Å². The SMILES string of the molecule is Cc1cc(=O)n(CCSCC(C)C)c(=O)[nH]1. The Morgan fingerprint density at radius 2 is 2.12 bits per heavy atom. The van der Waals surface area contributed by atoms with Gasteiger partial charge < -0.3 is 4.98 Å². The fourth-order valence-corrected chi connectivity index (χ4v) is 2.27. The van der Waals surface area contributed by atoms with Crippen LogP contribution in [0.5, 0.6) is 0 Å². The molecule has 90 valence electrons. The van der Waals surface area contributed by atoms with Crippen LogP contribution in [0, 0.1) is 12.8 Å². The van der Waals surface area contributed by atoms with Crippen LogP contribution in [0.25, 0.3) is 0 Å². The topological polar surface area (TPSA) is 54.9 Å². The minimum absolute atomic E-state index is 0.216. The average Bonchev–Trinajstić information content (AvgIpc) is 2.14. The third-order valence-electron chi connectivity index (χ3n) is 2.07. The number of thioether (sulfide) groups is 1. The molecule has 0 atom stereocenters. The summed E-state index contributed by atoms with van der Waals surface area (Å²) in [5, 5.41) is 0. The molecule has 0 aliphatic heterocycles. The lowest BCUT2D eigenvalue weighted by Gasteiger charge is -2.06. The maximum absolute atomic E-state index is 11.5. The van der Waals surface area contributed by atoms with Crippen LogP contribution < -0.4 is 11.2 Å². The molecule has 0 unspecified atom stereocenters. The first kappa shape index (κ1) is 13.1. The second kappa shape index (κ2) is 5.94. The predicted molar refractivity (Wildman–Crippen MR) is 68.2 cm³/mol. The quantitative estimate of drug-likeness (QED) is 0.790. The summed E-state index contributed by atoms with van der Waals surface area (Å²) in [6.45, 7) is 6.49. The van der Waals surface area contributed by atoms with Crippen molar-refractivity contribution in [1.29, 1.82) is 0 Å². The van der Waals surface area contributed by atoms with Gasteiger partial charge >= 0.3 is 5.69 Å². The number of rotatable bonds is 5.